The molecule has 4 heterocycles. The second kappa shape index (κ2) is 9.20. The van der Waals surface area contributed by atoms with E-state index in [1.807, 2.05) is 0 Å². The second-order valence-electron chi connectivity index (χ2n) is 8.94. The number of anilines is 1. The zero-order valence-corrected chi connectivity index (χ0v) is 20.2. The van der Waals surface area contributed by atoms with Crippen LogP contribution in [0.3, 0.4) is 0 Å². The predicted molar refractivity (Wildman–Crippen MR) is 122 cm³/mol. The van der Waals surface area contributed by atoms with Gasteiger partial charge in [0, 0.05) is 37.7 Å². The van der Waals surface area contributed by atoms with Crippen molar-refractivity contribution in [3.05, 3.63) is 40.0 Å². The third-order valence-corrected chi connectivity index (χ3v) is 7.40. The number of ether oxygens (including phenoxy) is 1. The van der Waals surface area contributed by atoms with Crippen molar-refractivity contribution in [3.8, 4) is 0 Å². The maximum atomic E-state index is 14.9. The number of morpholine rings is 1. The number of rotatable bonds is 4. The van der Waals surface area contributed by atoms with E-state index in [4.69, 9.17) is 10.5 Å². The molecule has 0 aliphatic carbocycles. The smallest absolute Gasteiger partial charge is 0.375 e. The summed E-state index contributed by atoms with van der Waals surface area (Å²) in [5, 5.41) is 4.61. The number of fused-ring (bicyclic) bond motifs is 1. The van der Waals surface area contributed by atoms with Gasteiger partial charge in [-0.2, -0.15) is 18.3 Å². The predicted octanol–water partition coefficient (Wildman–Crippen LogP) is 2.69. The largest absolute Gasteiger partial charge is 0.416 e. The molecule has 2 aromatic heterocycles. The molecule has 2 aliphatic rings. The Morgan fingerprint density at radius 3 is 2.57 bits per heavy atom. The van der Waals surface area contributed by atoms with Crippen LogP contribution in [0.25, 0.3) is 10.9 Å². The van der Waals surface area contributed by atoms with Gasteiger partial charge in [-0.15, -0.1) is 0 Å². The number of thiazole rings is 1. The van der Waals surface area contributed by atoms with Gasteiger partial charge < -0.3 is 20.3 Å². The van der Waals surface area contributed by atoms with Crippen molar-refractivity contribution in [3.63, 3.8) is 0 Å². The van der Waals surface area contributed by atoms with E-state index in [1.54, 1.807) is 6.92 Å². The lowest BCUT2D eigenvalue weighted by atomic mass is 9.93. The molecule has 37 heavy (non-hydrogen) atoms. The lowest BCUT2D eigenvalue weighted by Gasteiger charge is -2.38. The summed E-state index contributed by atoms with van der Waals surface area (Å²) in [5.41, 5.74) is 6.40. The number of carbonyl (C=O) groups is 2. The number of carbonyl (C=O) groups excluding carboxylic acids is 2. The van der Waals surface area contributed by atoms with Crippen LogP contribution in [0.5, 0.6) is 0 Å². The lowest BCUT2D eigenvalue weighted by molar-refractivity contribution is -0.236. The summed E-state index contributed by atoms with van der Waals surface area (Å²) in [5.74, 6) is -3.14. The van der Waals surface area contributed by atoms with Crippen molar-refractivity contribution in [1.29, 1.82) is 0 Å². The average molecular weight is 545 g/mol. The zero-order valence-electron chi connectivity index (χ0n) is 19.4. The van der Waals surface area contributed by atoms with Gasteiger partial charge in [-0.1, -0.05) is 11.3 Å². The van der Waals surface area contributed by atoms with Crippen molar-refractivity contribution >= 4 is 39.2 Å². The Balaban J connectivity index is 1.37. The molecule has 5 rings (SSSR count). The van der Waals surface area contributed by atoms with Crippen LogP contribution in [0.1, 0.15) is 27.0 Å². The highest BCUT2D eigenvalue weighted by Gasteiger charge is 2.44. The summed E-state index contributed by atoms with van der Waals surface area (Å²) in [6.45, 7) is 0.520. The molecule has 0 radical (unpaired) electrons. The normalized spacial score (nSPS) is 18.9. The van der Waals surface area contributed by atoms with E-state index >= 15 is 0 Å². The number of likely N-dealkylation sites (tertiary alicyclic amines) is 1. The van der Waals surface area contributed by atoms with Crippen LogP contribution in [0, 0.1) is 18.6 Å². The molecule has 1 atom stereocenters. The zero-order chi connectivity index (χ0) is 26.6. The van der Waals surface area contributed by atoms with Crippen molar-refractivity contribution < 1.29 is 36.3 Å². The molecule has 0 unspecified atom stereocenters. The Kier molecular flexibility index (Phi) is 6.30. The highest BCUT2D eigenvalue weighted by molar-refractivity contribution is 7.17. The first-order chi connectivity index (χ1) is 17.4. The highest BCUT2D eigenvalue weighted by atomic mass is 32.1. The molecule has 2 aliphatic heterocycles. The quantitative estimate of drug-likeness (QED) is 0.507. The van der Waals surface area contributed by atoms with E-state index in [-0.39, 0.29) is 53.9 Å². The van der Waals surface area contributed by atoms with Crippen LogP contribution in [0.15, 0.2) is 12.1 Å². The van der Waals surface area contributed by atoms with Gasteiger partial charge in [0.1, 0.15) is 23.1 Å². The first-order valence-electron chi connectivity index (χ1n) is 11.3. The average Bonchev–Trinajstić information content (AvgIpc) is 3.31. The Hall–Kier alpha value is -3.33. The number of aromatic nitrogens is 3. The molecule has 198 valence electrons. The van der Waals surface area contributed by atoms with E-state index < -0.39 is 48.8 Å². The monoisotopic (exact) mass is 544 g/mol. The third-order valence-electron chi connectivity index (χ3n) is 6.43. The van der Waals surface area contributed by atoms with Crippen molar-refractivity contribution in [2.24, 2.45) is 0 Å². The van der Waals surface area contributed by atoms with Gasteiger partial charge in [0.15, 0.2) is 11.2 Å². The molecule has 2 saturated heterocycles. The molecule has 2 amide bonds. The number of amides is 2. The summed E-state index contributed by atoms with van der Waals surface area (Å²) in [6, 6.07) is 1.71. The second-order valence-corrected chi connectivity index (χ2v) is 9.97. The number of nitrogens with two attached hydrogens (primary N) is 1. The first-order valence-corrected chi connectivity index (χ1v) is 12.1. The number of nitrogens with zero attached hydrogens (tertiary/aromatic N) is 5. The van der Waals surface area contributed by atoms with Crippen LogP contribution in [0.4, 0.5) is 27.1 Å². The highest BCUT2D eigenvalue weighted by Crippen LogP contribution is 2.35. The molecule has 1 aromatic carbocycles. The van der Waals surface area contributed by atoms with Gasteiger partial charge in [-0.05, 0) is 6.92 Å². The standard InChI is InChI=1S/C22H21F5N6O3S/c1-10-19(37-21(28)29-10)20(35)32-6-11(7-32)18-17-13(24)4-12(23)5-14(17)33(30-18)9-16(34)31-2-3-36-15(8-31)22(25,26)27/h4-5,11,15H,2-3,6-9H2,1H3,(H2,28,29)/t15-/m1/s1. The van der Waals surface area contributed by atoms with Crippen LogP contribution in [-0.2, 0) is 16.1 Å². The summed E-state index contributed by atoms with van der Waals surface area (Å²) < 4.78 is 73.9. The summed E-state index contributed by atoms with van der Waals surface area (Å²) in [6.07, 6.45) is -6.74. The molecular weight excluding hydrogens is 523 g/mol. The fraction of sp³-hybridized carbons (Fsp3) is 0.455. The SMILES string of the molecule is Cc1nc(N)sc1C(=O)N1CC(c2nn(CC(=O)N3CCO[C@@H](C(F)(F)F)C3)c3cc(F)cc(F)c23)C1. The van der Waals surface area contributed by atoms with E-state index in [2.05, 4.69) is 10.1 Å². The summed E-state index contributed by atoms with van der Waals surface area (Å²) >= 11 is 1.06. The van der Waals surface area contributed by atoms with Gasteiger partial charge >= 0.3 is 6.18 Å². The topological polar surface area (TPSA) is 107 Å². The molecule has 9 nitrogen and oxygen atoms in total. The Morgan fingerprint density at radius 1 is 1.19 bits per heavy atom. The Labute approximate surface area is 210 Å². The minimum atomic E-state index is -4.63. The van der Waals surface area contributed by atoms with Gasteiger partial charge in [0.2, 0.25) is 5.91 Å². The summed E-state index contributed by atoms with van der Waals surface area (Å²) in [7, 11) is 0. The number of benzene rings is 1. The first kappa shape index (κ1) is 25.3. The molecule has 2 N–H and O–H groups in total. The number of halogens is 5. The van der Waals surface area contributed by atoms with Crippen LogP contribution in [-0.4, -0.2) is 81.4 Å². The van der Waals surface area contributed by atoms with Crippen LogP contribution < -0.4 is 5.73 Å². The third kappa shape index (κ3) is 4.72. The molecule has 2 fully saturated rings. The van der Waals surface area contributed by atoms with Crippen LogP contribution >= 0.6 is 11.3 Å². The lowest BCUT2D eigenvalue weighted by Crippen LogP contribution is -2.51. The number of hydrogen-bond acceptors (Lipinski definition) is 7. The minimum absolute atomic E-state index is 0.000315. The van der Waals surface area contributed by atoms with Crippen molar-refractivity contribution in [1.82, 2.24) is 24.6 Å². The maximum absolute atomic E-state index is 14.9. The number of nitrogen functional groups attached to an aromatic ring is 1. The van der Waals surface area contributed by atoms with Crippen molar-refractivity contribution in [2.75, 3.05) is 38.5 Å². The van der Waals surface area contributed by atoms with E-state index in [0.717, 1.165) is 27.0 Å². The van der Waals surface area contributed by atoms with Crippen LogP contribution in [0.2, 0.25) is 0 Å². The van der Waals surface area contributed by atoms with Crippen molar-refractivity contribution in [2.45, 2.75) is 31.7 Å². The van der Waals surface area contributed by atoms with E-state index in [1.165, 1.54) is 4.90 Å². The number of hydrogen-bond donors (Lipinski definition) is 1. The Bertz CT molecular complexity index is 1380. The fourth-order valence-corrected chi connectivity index (χ4v) is 5.34. The molecule has 3 aromatic rings. The molecule has 15 heteroatoms. The maximum Gasteiger partial charge on any atom is 0.416 e. The molecule has 0 saturated carbocycles. The minimum Gasteiger partial charge on any atom is -0.375 e. The molecule has 0 spiro atoms. The molecule has 0 bridgehead atoms. The number of aryl methyl sites for hydroxylation is 1. The van der Waals surface area contributed by atoms with Gasteiger partial charge in [-0.25, -0.2) is 13.8 Å². The van der Waals surface area contributed by atoms with Gasteiger partial charge in [-0.3, -0.25) is 14.3 Å². The van der Waals surface area contributed by atoms with Gasteiger partial charge in [0.05, 0.1) is 35.4 Å². The van der Waals surface area contributed by atoms with E-state index in [9.17, 15) is 31.5 Å². The van der Waals surface area contributed by atoms with Gasteiger partial charge in [0.25, 0.3) is 5.91 Å². The Morgan fingerprint density at radius 2 is 1.92 bits per heavy atom. The molecular formula is C22H21F5N6O3S. The summed E-state index contributed by atoms with van der Waals surface area (Å²) in [4.78, 5) is 32.6. The fourth-order valence-electron chi connectivity index (χ4n) is 4.54. The number of alkyl halides is 3. The van der Waals surface area contributed by atoms with E-state index in [0.29, 0.717) is 16.6 Å².